The minimum atomic E-state index is -0.596. The van der Waals surface area contributed by atoms with E-state index in [1.54, 1.807) is 6.20 Å². The van der Waals surface area contributed by atoms with Crippen molar-refractivity contribution < 1.29 is 5.11 Å². The van der Waals surface area contributed by atoms with Gasteiger partial charge in [-0.05, 0) is 31.7 Å². The first kappa shape index (κ1) is 14.1. The lowest BCUT2D eigenvalue weighted by Gasteiger charge is -2.35. The number of hydrogen-bond acceptors (Lipinski definition) is 5. The van der Waals surface area contributed by atoms with Crippen molar-refractivity contribution in [2.75, 3.05) is 23.7 Å². The predicted octanol–water partition coefficient (Wildman–Crippen LogP) is 2.26. The van der Waals surface area contributed by atoms with E-state index in [-0.39, 0.29) is 0 Å². The summed E-state index contributed by atoms with van der Waals surface area (Å²) in [6.07, 6.45) is 5.79. The summed E-state index contributed by atoms with van der Waals surface area (Å²) in [5.41, 5.74) is -0.596. The summed E-state index contributed by atoms with van der Waals surface area (Å²) in [7, 11) is 0. The first-order valence-corrected chi connectivity index (χ1v) is 7.14. The maximum Gasteiger partial charge on any atom is 0.224 e. The van der Waals surface area contributed by atoms with Crippen LogP contribution in [0.15, 0.2) is 12.3 Å². The molecule has 0 radical (unpaired) electrons. The van der Waals surface area contributed by atoms with E-state index in [2.05, 4.69) is 27.5 Å². The van der Waals surface area contributed by atoms with E-state index >= 15 is 0 Å². The summed E-state index contributed by atoms with van der Waals surface area (Å²) in [6, 6.07) is 1.83. The predicted molar refractivity (Wildman–Crippen MR) is 77.3 cm³/mol. The zero-order chi connectivity index (χ0) is 13.7. The molecular weight excluding hydrogens is 240 g/mol. The highest BCUT2D eigenvalue weighted by Crippen LogP contribution is 2.32. The number of rotatable bonds is 5. The Kier molecular flexibility index (Phi) is 4.58. The van der Waals surface area contributed by atoms with Crippen molar-refractivity contribution in [1.29, 1.82) is 0 Å². The normalized spacial score (nSPS) is 27.0. The molecule has 106 valence electrons. The molecule has 1 heterocycles. The van der Waals surface area contributed by atoms with Gasteiger partial charge in [0.05, 0.1) is 5.60 Å². The van der Waals surface area contributed by atoms with Crippen molar-refractivity contribution in [2.45, 2.75) is 45.1 Å². The van der Waals surface area contributed by atoms with Gasteiger partial charge in [-0.15, -0.1) is 0 Å². The maximum atomic E-state index is 10.6. The molecule has 5 nitrogen and oxygen atoms in total. The van der Waals surface area contributed by atoms with Gasteiger partial charge in [0.15, 0.2) is 0 Å². The van der Waals surface area contributed by atoms with Crippen molar-refractivity contribution in [3.63, 3.8) is 0 Å². The van der Waals surface area contributed by atoms with E-state index in [4.69, 9.17) is 0 Å². The van der Waals surface area contributed by atoms with Crippen LogP contribution in [0.3, 0.4) is 0 Å². The summed E-state index contributed by atoms with van der Waals surface area (Å²) in [4.78, 5) is 8.48. The molecule has 0 saturated heterocycles. The molecule has 2 atom stereocenters. The standard InChI is InChI=1S/C14H24N4O/c1-3-15-13-16-8-6-12(18-13)17-10-14(19)7-4-5-11(2)9-14/h6,8,11,19H,3-5,7,9-10H2,1-2H3,(H2,15,16,17,18). The van der Waals surface area contributed by atoms with Crippen LogP contribution in [0, 0.1) is 5.92 Å². The Hall–Kier alpha value is -1.36. The lowest BCUT2D eigenvalue weighted by Crippen LogP contribution is -2.41. The monoisotopic (exact) mass is 264 g/mol. The minimum absolute atomic E-state index is 0.555. The third-order valence-electron chi connectivity index (χ3n) is 3.66. The van der Waals surface area contributed by atoms with Crippen LogP contribution in [-0.4, -0.2) is 33.8 Å². The van der Waals surface area contributed by atoms with Gasteiger partial charge >= 0.3 is 0 Å². The van der Waals surface area contributed by atoms with Gasteiger partial charge in [-0.3, -0.25) is 0 Å². The molecule has 1 aliphatic rings. The number of aliphatic hydroxyl groups is 1. The highest BCUT2D eigenvalue weighted by molar-refractivity contribution is 5.39. The quantitative estimate of drug-likeness (QED) is 0.761. The van der Waals surface area contributed by atoms with Gasteiger partial charge in [-0.25, -0.2) is 4.98 Å². The Labute approximate surface area is 114 Å². The average Bonchev–Trinajstić information content (AvgIpc) is 2.37. The molecule has 1 aromatic rings. The molecular formula is C14H24N4O. The number of nitrogens with zero attached hydrogens (tertiary/aromatic N) is 2. The fraction of sp³-hybridized carbons (Fsp3) is 0.714. The molecule has 1 aliphatic carbocycles. The van der Waals surface area contributed by atoms with Crippen molar-refractivity contribution in [2.24, 2.45) is 5.92 Å². The lowest BCUT2D eigenvalue weighted by atomic mass is 9.79. The Bertz CT molecular complexity index is 412. The Morgan fingerprint density at radius 1 is 1.47 bits per heavy atom. The molecule has 5 heteroatoms. The summed E-state index contributed by atoms with van der Waals surface area (Å²) < 4.78 is 0. The Balaban J connectivity index is 1.92. The van der Waals surface area contributed by atoms with Crippen LogP contribution in [-0.2, 0) is 0 Å². The van der Waals surface area contributed by atoms with E-state index < -0.39 is 5.60 Å². The van der Waals surface area contributed by atoms with Gasteiger partial charge < -0.3 is 15.7 Å². The van der Waals surface area contributed by atoms with E-state index in [1.807, 2.05) is 13.0 Å². The van der Waals surface area contributed by atoms with E-state index in [1.165, 1.54) is 6.42 Å². The van der Waals surface area contributed by atoms with Crippen LogP contribution in [0.5, 0.6) is 0 Å². The summed E-state index contributed by atoms with van der Waals surface area (Å²) in [6.45, 7) is 5.57. The third-order valence-corrected chi connectivity index (χ3v) is 3.66. The van der Waals surface area contributed by atoms with Crippen LogP contribution in [0.25, 0.3) is 0 Å². The van der Waals surface area contributed by atoms with Gasteiger partial charge in [0.2, 0.25) is 5.95 Å². The second kappa shape index (κ2) is 6.19. The minimum Gasteiger partial charge on any atom is -0.388 e. The van der Waals surface area contributed by atoms with Crippen LogP contribution in [0.1, 0.15) is 39.5 Å². The van der Waals surface area contributed by atoms with E-state index in [0.717, 1.165) is 31.6 Å². The summed E-state index contributed by atoms with van der Waals surface area (Å²) in [5.74, 6) is 1.98. The zero-order valence-corrected chi connectivity index (χ0v) is 11.8. The van der Waals surface area contributed by atoms with Crippen LogP contribution < -0.4 is 10.6 Å². The van der Waals surface area contributed by atoms with Crippen LogP contribution in [0.4, 0.5) is 11.8 Å². The van der Waals surface area contributed by atoms with Gasteiger partial charge in [0.1, 0.15) is 5.82 Å². The molecule has 0 aliphatic heterocycles. The Morgan fingerprint density at radius 3 is 3.05 bits per heavy atom. The van der Waals surface area contributed by atoms with Crippen LogP contribution in [0.2, 0.25) is 0 Å². The van der Waals surface area contributed by atoms with Gasteiger partial charge in [-0.2, -0.15) is 4.98 Å². The van der Waals surface area contributed by atoms with E-state index in [9.17, 15) is 5.11 Å². The molecule has 2 rings (SSSR count). The molecule has 1 fully saturated rings. The van der Waals surface area contributed by atoms with Crippen molar-refractivity contribution >= 4 is 11.8 Å². The molecule has 0 bridgehead atoms. The molecule has 0 amide bonds. The SMILES string of the molecule is CCNc1nccc(NCC2(O)CCCC(C)C2)n1. The van der Waals surface area contributed by atoms with E-state index in [0.29, 0.717) is 18.4 Å². The highest BCUT2D eigenvalue weighted by Gasteiger charge is 2.32. The first-order chi connectivity index (χ1) is 9.11. The van der Waals surface area contributed by atoms with Gasteiger partial charge in [0.25, 0.3) is 0 Å². The summed E-state index contributed by atoms with van der Waals surface area (Å²) in [5, 5.41) is 16.9. The molecule has 3 N–H and O–H groups in total. The number of aromatic nitrogens is 2. The third kappa shape index (κ3) is 4.06. The number of hydrogen-bond donors (Lipinski definition) is 3. The van der Waals surface area contributed by atoms with Crippen molar-refractivity contribution in [1.82, 2.24) is 9.97 Å². The molecule has 0 aromatic carbocycles. The van der Waals surface area contributed by atoms with Crippen molar-refractivity contribution in [3.8, 4) is 0 Å². The topological polar surface area (TPSA) is 70.1 Å². The largest absolute Gasteiger partial charge is 0.388 e. The fourth-order valence-corrected chi connectivity index (χ4v) is 2.75. The molecule has 1 aromatic heterocycles. The molecule has 0 spiro atoms. The molecule has 19 heavy (non-hydrogen) atoms. The lowest BCUT2D eigenvalue weighted by molar-refractivity contribution is -0.000827. The second-order valence-electron chi connectivity index (χ2n) is 5.58. The maximum absolute atomic E-state index is 10.6. The molecule has 2 unspecified atom stereocenters. The van der Waals surface area contributed by atoms with Gasteiger partial charge in [-0.1, -0.05) is 19.8 Å². The highest BCUT2D eigenvalue weighted by atomic mass is 16.3. The molecule has 1 saturated carbocycles. The van der Waals surface area contributed by atoms with Crippen molar-refractivity contribution in [3.05, 3.63) is 12.3 Å². The number of nitrogens with one attached hydrogen (secondary N) is 2. The van der Waals surface area contributed by atoms with Gasteiger partial charge in [0, 0.05) is 19.3 Å². The smallest absolute Gasteiger partial charge is 0.224 e. The zero-order valence-electron chi connectivity index (χ0n) is 11.8. The van der Waals surface area contributed by atoms with Crippen LogP contribution >= 0.6 is 0 Å². The summed E-state index contributed by atoms with van der Waals surface area (Å²) >= 11 is 0. The first-order valence-electron chi connectivity index (χ1n) is 7.14. The Morgan fingerprint density at radius 2 is 2.32 bits per heavy atom. The number of anilines is 2. The fourth-order valence-electron chi connectivity index (χ4n) is 2.75. The average molecular weight is 264 g/mol. The second-order valence-corrected chi connectivity index (χ2v) is 5.58.